The zero-order valence-electron chi connectivity index (χ0n) is 20.6. The summed E-state index contributed by atoms with van der Waals surface area (Å²) in [6.45, 7) is 0.336. The van der Waals surface area contributed by atoms with Gasteiger partial charge < -0.3 is 15.5 Å². The molecule has 0 radical (unpaired) electrons. The number of anilines is 1. The van der Waals surface area contributed by atoms with Gasteiger partial charge in [0.2, 0.25) is 0 Å². The van der Waals surface area contributed by atoms with E-state index in [0.29, 0.717) is 24.8 Å². The van der Waals surface area contributed by atoms with Gasteiger partial charge in [-0.05, 0) is 55.7 Å². The summed E-state index contributed by atoms with van der Waals surface area (Å²) in [5, 5.41) is 5.65. The van der Waals surface area contributed by atoms with Crippen LogP contribution in [0.15, 0.2) is 67.0 Å². The summed E-state index contributed by atoms with van der Waals surface area (Å²) in [5.41, 5.74) is 10.8. The third kappa shape index (κ3) is 4.79. The lowest BCUT2D eigenvalue weighted by molar-refractivity contribution is -0.145. The van der Waals surface area contributed by atoms with Crippen LogP contribution >= 0.6 is 0 Å². The second kappa shape index (κ2) is 10.0. The molecule has 3 aromatic heterocycles. The zero-order chi connectivity index (χ0) is 25.2. The van der Waals surface area contributed by atoms with Gasteiger partial charge in [0.15, 0.2) is 5.82 Å². The predicted molar refractivity (Wildman–Crippen MR) is 143 cm³/mol. The van der Waals surface area contributed by atoms with E-state index in [4.69, 9.17) is 15.5 Å². The molecule has 8 nitrogen and oxygen atoms in total. The molecule has 3 N–H and O–H groups in total. The second-order valence-corrected chi connectivity index (χ2v) is 9.90. The van der Waals surface area contributed by atoms with Crippen LogP contribution in [0.2, 0.25) is 0 Å². The van der Waals surface area contributed by atoms with E-state index in [1.807, 2.05) is 47.0 Å². The first kappa shape index (κ1) is 23.2. The molecule has 2 aromatic carbocycles. The molecular weight excluding hydrogens is 464 g/mol. The Hall–Kier alpha value is -4.20. The van der Waals surface area contributed by atoms with E-state index in [9.17, 15) is 4.79 Å². The quantitative estimate of drug-likeness (QED) is 0.283. The van der Waals surface area contributed by atoms with Crippen molar-refractivity contribution in [1.82, 2.24) is 24.6 Å². The number of imidazole rings is 1. The van der Waals surface area contributed by atoms with Gasteiger partial charge in [-0.2, -0.15) is 5.10 Å². The average molecular weight is 495 g/mol. The molecule has 0 unspecified atom stereocenters. The van der Waals surface area contributed by atoms with E-state index in [1.54, 1.807) is 0 Å². The maximum absolute atomic E-state index is 12.3. The number of rotatable bonds is 7. The SMILES string of the molecule is Nc1ncnn2c(C3CCC(CCC(=O)OCc4ccccc4)CC3)nc(-c3cc4ccccc4[nH]3)c12. The number of aromatic nitrogens is 5. The molecule has 37 heavy (non-hydrogen) atoms. The lowest BCUT2D eigenvalue weighted by Crippen LogP contribution is -2.17. The van der Waals surface area contributed by atoms with E-state index in [2.05, 4.69) is 33.3 Å². The maximum atomic E-state index is 12.3. The number of hydrogen-bond donors (Lipinski definition) is 2. The first-order valence-corrected chi connectivity index (χ1v) is 12.9. The Kier molecular flexibility index (Phi) is 6.30. The summed E-state index contributed by atoms with van der Waals surface area (Å²) < 4.78 is 7.32. The van der Waals surface area contributed by atoms with Gasteiger partial charge in [-0.15, -0.1) is 0 Å². The molecule has 1 aliphatic rings. The number of nitrogen functional groups attached to an aromatic ring is 1. The van der Waals surface area contributed by atoms with Crippen molar-refractivity contribution in [2.24, 2.45) is 5.92 Å². The molecule has 0 spiro atoms. The number of nitrogens with zero attached hydrogens (tertiary/aromatic N) is 4. The van der Waals surface area contributed by atoms with Crippen molar-refractivity contribution in [2.45, 2.75) is 51.0 Å². The fourth-order valence-corrected chi connectivity index (χ4v) is 5.47. The number of esters is 1. The van der Waals surface area contributed by atoms with Gasteiger partial charge in [-0.1, -0.05) is 48.5 Å². The zero-order valence-corrected chi connectivity index (χ0v) is 20.6. The summed E-state index contributed by atoms with van der Waals surface area (Å²) in [7, 11) is 0. The highest BCUT2D eigenvalue weighted by atomic mass is 16.5. The van der Waals surface area contributed by atoms with Gasteiger partial charge in [0.25, 0.3) is 0 Å². The minimum absolute atomic E-state index is 0.125. The van der Waals surface area contributed by atoms with E-state index >= 15 is 0 Å². The van der Waals surface area contributed by atoms with Gasteiger partial charge in [-0.3, -0.25) is 4.79 Å². The van der Waals surface area contributed by atoms with Crippen molar-refractivity contribution in [3.63, 3.8) is 0 Å². The van der Waals surface area contributed by atoms with Crippen LogP contribution in [0.5, 0.6) is 0 Å². The minimum atomic E-state index is -0.125. The van der Waals surface area contributed by atoms with E-state index in [0.717, 1.165) is 71.3 Å². The fourth-order valence-electron chi connectivity index (χ4n) is 5.47. The molecule has 0 amide bonds. The number of ether oxygens (including phenoxy) is 1. The van der Waals surface area contributed by atoms with E-state index in [1.165, 1.54) is 6.33 Å². The van der Waals surface area contributed by atoms with Crippen molar-refractivity contribution < 1.29 is 9.53 Å². The van der Waals surface area contributed by atoms with Crippen molar-refractivity contribution in [1.29, 1.82) is 0 Å². The number of benzene rings is 2. The molecule has 6 rings (SSSR count). The maximum Gasteiger partial charge on any atom is 0.306 e. The largest absolute Gasteiger partial charge is 0.461 e. The topological polar surface area (TPSA) is 111 Å². The van der Waals surface area contributed by atoms with Crippen LogP contribution < -0.4 is 5.73 Å². The Morgan fingerprint density at radius 3 is 2.65 bits per heavy atom. The van der Waals surface area contributed by atoms with Crippen LogP contribution in [0, 0.1) is 5.92 Å². The lowest BCUT2D eigenvalue weighted by atomic mass is 9.79. The normalized spacial score (nSPS) is 17.8. The number of carbonyl (C=O) groups is 1. The molecule has 0 saturated heterocycles. The number of fused-ring (bicyclic) bond motifs is 2. The molecular formula is C29H30N6O2. The lowest BCUT2D eigenvalue weighted by Gasteiger charge is -2.27. The van der Waals surface area contributed by atoms with Crippen LogP contribution in [-0.4, -0.2) is 30.5 Å². The highest BCUT2D eigenvalue weighted by Crippen LogP contribution is 2.39. The number of H-pyrrole nitrogens is 1. The molecule has 1 fully saturated rings. The number of hydrogen-bond acceptors (Lipinski definition) is 6. The van der Waals surface area contributed by atoms with Gasteiger partial charge >= 0.3 is 5.97 Å². The highest BCUT2D eigenvalue weighted by Gasteiger charge is 2.29. The predicted octanol–water partition coefficient (Wildman–Crippen LogP) is 5.65. The summed E-state index contributed by atoms with van der Waals surface area (Å²) >= 11 is 0. The Labute approximate surface area is 214 Å². The summed E-state index contributed by atoms with van der Waals surface area (Å²) in [6, 6.07) is 20.1. The van der Waals surface area contributed by atoms with E-state index in [-0.39, 0.29) is 11.9 Å². The number of carbonyl (C=O) groups excluding carboxylic acids is 1. The van der Waals surface area contributed by atoms with Gasteiger partial charge in [-0.25, -0.2) is 14.5 Å². The van der Waals surface area contributed by atoms with Gasteiger partial charge in [0.1, 0.15) is 30.0 Å². The molecule has 3 heterocycles. The Morgan fingerprint density at radius 1 is 1.05 bits per heavy atom. The van der Waals surface area contributed by atoms with Crippen molar-refractivity contribution in [2.75, 3.05) is 5.73 Å². The fraction of sp³-hybridized carbons (Fsp3) is 0.310. The highest BCUT2D eigenvalue weighted by molar-refractivity contribution is 5.91. The number of nitrogens with one attached hydrogen (secondary N) is 1. The molecule has 1 saturated carbocycles. The molecule has 0 aliphatic heterocycles. The molecule has 0 atom stereocenters. The number of aromatic amines is 1. The monoisotopic (exact) mass is 494 g/mol. The molecule has 188 valence electrons. The Balaban J connectivity index is 1.13. The average Bonchev–Trinajstić information content (AvgIpc) is 3.54. The van der Waals surface area contributed by atoms with E-state index < -0.39 is 0 Å². The standard InChI is InChI=1S/C29H30N6O2/c30-28-27-26(24-16-22-8-4-5-9-23(22)33-24)34-29(35(27)32-18-31-28)21-13-10-19(11-14-21)12-15-25(36)37-17-20-6-2-1-3-7-20/h1-9,16,18-19,21,33H,10-15,17H2,(H2,30,31,32). The second-order valence-electron chi connectivity index (χ2n) is 9.90. The number of nitrogens with two attached hydrogens (primary N) is 1. The van der Waals surface area contributed by atoms with Crippen LogP contribution in [0.4, 0.5) is 5.82 Å². The van der Waals surface area contributed by atoms with Gasteiger partial charge in [0.05, 0.1) is 5.69 Å². The first-order valence-electron chi connectivity index (χ1n) is 12.9. The van der Waals surface area contributed by atoms with Crippen molar-refractivity contribution in [3.05, 3.63) is 78.4 Å². The summed E-state index contributed by atoms with van der Waals surface area (Å²) in [6.07, 6.45) is 6.91. The van der Waals surface area contributed by atoms with Crippen LogP contribution in [0.1, 0.15) is 55.8 Å². The number of para-hydroxylation sites is 1. The third-order valence-corrected chi connectivity index (χ3v) is 7.48. The van der Waals surface area contributed by atoms with Crippen LogP contribution in [-0.2, 0) is 16.1 Å². The molecule has 5 aromatic rings. The summed E-state index contributed by atoms with van der Waals surface area (Å²) in [5.74, 6) is 2.02. The van der Waals surface area contributed by atoms with Crippen molar-refractivity contribution >= 4 is 28.2 Å². The first-order chi connectivity index (χ1) is 18.2. The third-order valence-electron chi connectivity index (χ3n) is 7.48. The molecule has 0 bridgehead atoms. The van der Waals surface area contributed by atoms with Crippen LogP contribution in [0.25, 0.3) is 27.8 Å². The molecule has 8 heteroatoms. The smallest absolute Gasteiger partial charge is 0.306 e. The van der Waals surface area contributed by atoms with Crippen molar-refractivity contribution in [3.8, 4) is 11.4 Å². The summed E-state index contributed by atoms with van der Waals surface area (Å²) in [4.78, 5) is 25.0. The Morgan fingerprint density at radius 2 is 1.84 bits per heavy atom. The molecule has 1 aliphatic carbocycles. The van der Waals surface area contributed by atoms with Crippen LogP contribution in [0.3, 0.4) is 0 Å². The minimum Gasteiger partial charge on any atom is -0.461 e. The Bertz CT molecular complexity index is 1500. The van der Waals surface area contributed by atoms with Gasteiger partial charge in [0, 0.05) is 23.2 Å².